The van der Waals surface area contributed by atoms with Crippen molar-refractivity contribution in [3.05, 3.63) is 48.0 Å². The number of likely N-dealkylation sites (tertiary alicyclic amines) is 1. The molecule has 2 fully saturated rings. The molecule has 41 heavy (non-hydrogen) atoms. The van der Waals surface area contributed by atoms with Gasteiger partial charge in [0.25, 0.3) is 0 Å². The number of Topliss-reactive ketones (excluding diaryl/α,β-unsaturated/α-hetero) is 1. The lowest BCUT2D eigenvalue weighted by atomic mass is 9.96. The fourth-order valence-electron chi connectivity index (χ4n) is 5.49. The molecule has 0 radical (unpaired) electrons. The average Bonchev–Trinajstić information content (AvgIpc) is 3.54. The van der Waals surface area contributed by atoms with Crippen LogP contribution in [0.4, 0.5) is 5.95 Å². The van der Waals surface area contributed by atoms with Gasteiger partial charge < -0.3 is 35.3 Å². The highest BCUT2D eigenvalue weighted by molar-refractivity contribution is 5.87. The number of imidazole rings is 1. The molecule has 4 N–H and O–H groups in total. The minimum absolute atomic E-state index is 0.00678. The minimum atomic E-state index is -0.845. The largest absolute Gasteiger partial charge is 0.490 e. The van der Waals surface area contributed by atoms with Crippen LogP contribution in [0.1, 0.15) is 44.4 Å². The first kappa shape index (κ1) is 28.8. The van der Waals surface area contributed by atoms with Crippen LogP contribution in [0.2, 0.25) is 0 Å². The van der Waals surface area contributed by atoms with Crippen molar-refractivity contribution in [2.75, 3.05) is 44.8 Å². The van der Waals surface area contributed by atoms with Gasteiger partial charge in [-0.15, -0.1) is 0 Å². The molecule has 0 spiro atoms. The number of hydrogen-bond donors (Lipinski definition) is 3. The average molecular weight is 566 g/mol. The highest BCUT2D eigenvalue weighted by Gasteiger charge is 2.36. The first-order valence-corrected chi connectivity index (χ1v) is 14.4. The van der Waals surface area contributed by atoms with Crippen LogP contribution in [-0.2, 0) is 20.9 Å². The Kier molecular flexibility index (Phi) is 9.38. The van der Waals surface area contributed by atoms with Crippen LogP contribution in [0.15, 0.2) is 42.5 Å². The summed E-state index contributed by atoms with van der Waals surface area (Å²) in [5.74, 6) is 1.58. The van der Waals surface area contributed by atoms with Crippen LogP contribution in [0, 0.1) is 5.92 Å². The summed E-state index contributed by atoms with van der Waals surface area (Å²) in [5, 5.41) is 12.9. The number of nitrogens with two attached hydrogens (primary N) is 1. The van der Waals surface area contributed by atoms with Gasteiger partial charge in [-0.3, -0.25) is 14.2 Å². The quantitative estimate of drug-likeness (QED) is 0.267. The number of primary amides is 1. The van der Waals surface area contributed by atoms with Crippen LogP contribution in [0.5, 0.6) is 11.5 Å². The van der Waals surface area contributed by atoms with Gasteiger partial charge >= 0.3 is 0 Å². The van der Waals surface area contributed by atoms with Crippen molar-refractivity contribution >= 4 is 28.7 Å². The molecule has 0 saturated carbocycles. The van der Waals surface area contributed by atoms with Crippen molar-refractivity contribution in [3.63, 3.8) is 0 Å². The maximum absolute atomic E-state index is 12.8. The van der Waals surface area contributed by atoms with Crippen molar-refractivity contribution in [1.82, 2.24) is 14.5 Å². The highest BCUT2D eigenvalue weighted by atomic mass is 16.5. The third-order valence-corrected chi connectivity index (χ3v) is 7.68. The molecule has 11 nitrogen and oxygen atoms in total. The molecule has 11 heteroatoms. The number of nitrogens with zero attached hydrogens (tertiary/aromatic N) is 3. The van der Waals surface area contributed by atoms with E-state index in [1.807, 2.05) is 49.4 Å². The molecule has 2 atom stereocenters. The Labute approximate surface area is 239 Å². The van der Waals surface area contributed by atoms with Gasteiger partial charge in [0.1, 0.15) is 0 Å². The van der Waals surface area contributed by atoms with Crippen LogP contribution in [-0.4, -0.2) is 76.8 Å². The van der Waals surface area contributed by atoms with Crippen LogP contribution >= 0.6 is 0 Å². The lowest BCUT2D eigenvalue weighted by Crippen LogP contribution is -2.39. The van der Waals surface area contributed by atoms with E-state index in [2.05, 4.69) is 10.2 Å². The third kappa shape index (κ3) is 6.80. The molecule has 3 aromatic rings. The SMILES string of the molecule is CCOc1ccc(CNc2nc3ccccc3n2[C@@H]2O[C@H](CO)CC2=O)cc1OCCCN1CCC(C(N)=O)CC1. The number of aliphatic hydroxyl groups excluding tert-OH is 1. The Bertz CT molecular complexity index is 1350. The first-order valence-electron chi connectivity index (χ1n) is 14.4. The number of para-hydroxylation sites is 2. The number of nitrogens with one attached hydrogen (secondary N) is 1. The van der Waals surface area contributed by atoms with E-state index in [9.17, 15) is 14.7 Å². The minimum Gasteiger partial charge on any atom is -0.490 e. The summed E-state index contributed by atoms with van der Waals surface area (Å²) < 4.78 is 19.6. The molecule has 0 unspecified atom stereocenters. The van der Waals surface area contributed by atoms with E-state index >= 15 is 0 Å². The fourth-order valence-corrected chi connectivity index (χ4v) is 5.49. The zero-order valence-corrected chi connectivity index (χ0v) is 23.5. The molecule has 0 aliphatic carbocycles. The van der Waals surface area contributed by atoms with Crippen molar-refractivity contribution in [2.24, 2.45) is 11.7 Å². The van der Waals surface area contributed by atoms with E-state index in [1.165, 1.54) is 0 Å². The summed E-state index contributed by atoms with van der Waals surface area (Å²) in [6.07, 6.45) is 1.28. The molecular weight excluding hydrogens is 526 g/mol. The first-order chi connectivity index (χ1) is 20.0. The molecule has 2 saturated heterocycles. The molecule has 220 valence electrons. The zero-order valence-electron chi connectivity index (χ0n) is 23.5. The third-order valence-electron chi connectivity index (χ3n) is 7.68. The Balaban J connectivity index is 1.23. The van der Waals surface area contributed by atoms with Gasteiger partial charge in [-0.1, -0.05) is 18.2 Å². The van der Waals surface area contributed by atoms with Gasteiger partial charge in [0, 0.05) is 25.4 Å². The molecule has 3 heterocycles. The fraction of sp³-hybridized carbons (Fsp3) is 0.500. The summed E-state index contributed by atoms with van der Waals surface area (Å²) in [6.45, 7) is 5.88. The Morgan fingerprint density at radius 2 is 1.98 bits per heavy atom. The van der Waals surface area contributed by atoms with E-state index in [-0.39, 0.29) is 30.6 Å². The normalized spacial score (nSPS) is 20.0. The lowest BCUT2D eigenvalue weighted by Gasteiger charge is -2.30. The second-order valence-electron chi connectivity index (χ2n) is 10.5. The summed E-state index contributed by atoms with van der Waals surface area (Å²) in [6, 6.07) is 13.4. The van der Waals surface area contributed by atoms with E-state index in [0.717, 1.165) is 55.5 Å². The number of carbonyl (C=O) groups is 2. The second-order valence-corrected chi connectivity index (χ2v) is 10.5. The Morgan fingerprint density at radius 1 is 1.17 bits per heavy atom. The maximum atomic E-state index is 12.8. The predicted octanol–water partition coefficient (Wildman–Crippen LogP) is 2.86. The summed E-state index contributed by atoms with van der Waals surface area (Å²) in [5.41, 5.74) is 7.93. The van der Waals surface area contributed by atoms with Crippen molar-refractivity contribution in [2.45, 2.75) is 51.5 Å². The second kappa shape index (κ2) is 13.3. The van der Waals surface area contributed by atoms with Crippen molar-refractivity contribution in [3.8, 4) is 11.5 Å². The number of amides is 1. The number of ketones is 1. The van der Waals surface area contributed by atoms with Crippen LogP contribution in [0.3, 0.4) is 0 Å². The Hall–Kier alpha value is -3.67. The number of rotatable bonds is 13. The summed E-state index contributed by atoms with van der Waals surface area (Å²) >= 11 is 0. The molecule has 0 bridgehead atoms. The van der Waals surface area contributed by atoms with Gasteiger partial charge in [-0.05, 0) is 69.1 Å². The predicted molar refractivity (Wildman–Crippen MR) is 154 cm³/mol. The number of hydrogen-bond acceptors (Lipinski definition) is 9. The number of carbonyl (C=O) groups excluding carboxylic acids is 2. The van der Waals surface area contributed by atoms with Gasteiger partial charge in [-0.25, -0.2) is 4.98 Å². The highest BCUT2D eigenvalue weighted by Crippen LogP contribution is 2.33. The number of anilines is 1. The number of aliphatic hydroxyl groups is 1. The number of fused-ring (bicyclic) bond motifs is 1. The van der Waals surface area contributed by atoms with Gasteiger partial charge in [0.05, 0.1) is 37.0 Å². The van der Waals surface area contributed by atoms with Crippen molar-refractivity contribution < 1.29 is 28.9 Å². The molecule has 1 aromatic heterocycles. The number of benzene rings is 2. The van der Waals surface area contributed by atoms with Gasteiger partial charge in [-0.2, -0.15) is 0 Å². The molecule has 2 aliphatic heterocycles. The van der Waals surface area contributed by atoms with Gasteiger partial charge in [0.2, 0.25) is 11.9 Å². The monoisotopic (exact) mass is 565 g/mol. The molecule has 2 aliphatic rings. The maximum Gasteiger partial charge on any atom is 0.220 e. The van der Waals surface area contributed by atoms with E-state index in [4.69, 9.17) is 24.9 Å². The van der Waals surface area contributed by atoms with E-state index < -0.39 is 12.3 Å². The standard InChI is InChI=1S/C30H39N5O6/c1-2-39-26-9-8-20(16-27(26)40-15-5-12-34-13-10-21(11-14-34)28(31)38)18-32-30-33-23-6-3-4-7-24(23)35(30)29-25(37)17-22(19-36)41-29/h3-4,6-9,16,21-22,29,36H,2,5,10-15,17-19H2,1H3,(H2,31,38)(H,32,33)/t22-,29+/m0/s1. The molecule has 1 amide bonds. The van der Waals surface area contributed by atoms with E-state index in [0.29, 0.717) is 37.2 Å². The summed E-state index contributed by atoms with van der Waals surface area (Å²) in [7, 11) is 0. The number of ether oxygens (including phenoxy) is 3. The molecule has 5 rings (SSSR count). The molecule has 2 aromatic carbocycles. The van der Waals surface area contributed by atoms with Gasteiger partial charge in [0.15, 0.2) is 23.5 Å². The Morgan fingerprint density at radius 3 is 2.71 bits per heavy atom. The lowest BCUT2D eigenvalue weighted by molar-refractivity contribution is -0.127. The molecular formula is C30H39N5O6. The zero-order chi connectivity index (χ0) is 28.8. The van der Waals surface area contributed by atoms with Crippen molar-refractivity contribution in [1.29, 1.82) is 0 Å². The smallest absolute Gasteiger partial charge is 0.220 e. The topological polar surface area (TPSA) is 141 Å². The van der Waals surface area contributed by atoms with E-state index in [1.54, 1.807) is 4.57 Å². The summed E-state index contributed by atoms with van der Waals surface area (Å²) in [4.78, 5) is 31.2. The van der Waals surface area contributed by atoms with Crippen LogP contribution < -0.4 is 20.5 Å². The van der Waals surface area contributed by atoms with Crippen LogP contribution in [0.25, 0.3) is 11.0 Å². The number of piperidine rings is 1. The number of aromatic nitrogens is 2.